The van der Waals surface area contributed by atoms with Crippen molar-refractivity contribution in [2.45, 2.75) is 10.5 Å². The molecule has 2 aromatic carbocycles. The zero-order valence-electron chi connectivity index (χ0n) is 14.3. The summed E-state index contributed by atoms with van der Waals surface area (Å²) in [5.74, 6) is 0.355. The Morgan fingerprint density at radius 2 is 1.82 bits per heavy atom. The Balaban J connectivity index is 1.66. The van der Waals surface area contributed by atoms with E-state index < -0.39 is 15.6 Å². The van der Waals surface area contributed by atoms with Crippen molar-refractivity contribution in [1.29, 1.82) is 10.5 Å². The van der Waals surface area contributed by atoms with Gasteiger partial charge in [0.25, 0.3) is 0 Å². The summed E-state index contributed by atoms with van der Waals surface area (Å²) >= 11 is 11.9. The quantitative estimate of drug-likeness (QED) is 0.768. The third-order valence-electron chi connectivity index (χ3n) is 4.19. The summed E-state index contributed by atoms with van der Waals surface area (Å²) in [5.41, 5.74) is -0.821. The fraction of sp³-hybridized carbons (Fsp3) is 0.222. The second-order valence-electron chi connectivity index (χ2n) is 6.30. The van der Waals surface area contributed by atoms with Crippen LogP contribution in [0.1, 0.15) is 11.1 Å². The molecule has 0 aromatic heterocycles. The average molecular weight is 438 g/mol. The summed E-state index contributed by atoms with van der Waals surface area (Å²) in [6.07, 6.45) is 0. The van der Waals surface area contributed by atoms with E-state index in [1.807, 2.05) is 12.1 Å². The number of hydrogen-bond acceptors (Lipinski definition) is 6. The van der Waals surface area contributed by atoms with Gasteiger partial charge in [-0.3, -0.25) is 0 Å². The van der Waals surface area contributed by atoms with Gasteiger partial charge in [-0.15, -0.1) is 0 Å². The maximum Gasteiger partial charge on any atom is 0.244 e. The van der Waals surface area contributed by atoms with Gasteiger partial charge in [-0.05, 0) is 30.3 Å². The van der Waals surface area contributed by atoms with Crippen molar-refractivity contribution in [2.75, 3.05) is 19.7 Å². The van der Waals surface area contributed by atoms with Gasteiger partial charge >= 0.3 is 0 Å². The van der Waals surface area contributed by atoms with Gasteiger partial charge in [0.1, 0.15) is 28.9 Å². The van der Waals surface area contributed by atoms with Crippen LogP contribution in [0, 0.1) is 22.7 Å². The number of aliphatic hydroxyl groups is 1. The molecule has 28 heavy (non-hydrogen) atoms. The van der Waals surface area contributed by atoms with E-state index in [0.717, 1.165) is 4.31 Å². The Bertz CT molecular complexity index is 1120. The van der Waals surface area contributed by atoms with E-state index in [1.54, 1.807) is 0 Å². The van der Waals surface area contributed by atoms with Crippen LogP contribution in [0.4, 0.5) is 0 Å². The normalized spacial score (nSPS) is 15.9. The Kier molecular flexibility index (Phi) is 5.53. The maximum atomic E-state index is 12.7. The average Bonchev–Trinajstić information content (AvgIpc) is 2.63. The first-order valence-corrected chi connectivity index (χ1v) is 10.1. The minimum absolute atomic E-state index is 0.0574. The molecule has 10 heteroatoms. The third kappa shape index (κ3) is 3.93. The van der Waals surface area contributed by atoms with E-state index in [2.05, 4.69) is 0 Å². The fourth-order valence-electron chi connectivity index (χ4n) is 2.68. The number of sulfonamides is 1. The predicted octanol–water partition coefficient (Wildman–Crippen LogP) is 2.55. The number of rotatable bonds is 5. The molecule has 2 aromatic rings. The minimum Gasteiger partial charge on any atom is -0.490 e. The second-order valence-corrected chi connectivity index (χ2v) is 9.02. The lowest BCUT2D eigenvalue weighted by Gasteiger charge is -2.44. The van der Waals surface area contributed by atoms with Crippen molar-refractivity contribution in [1.82, 2.24) is 4.31 Å². The van der Waals surface area contributed by atoms with Crippen LogP contribution in [0.15, 0.2) is 41.3 Å². The summed E-state index contributed by atoms with van der Waals surface area (Å²) in [7, 11) is -3.91. The number of benzene rings is 2. The molecule has 1 N–H and O–H groups in total. The number of hydrogen-bond donors (Lipinski definition) is 1. The molecule has 1 saturated heterocycles. The summed E-state index contributed by atoms with van der Waals surface area (Å²) in [4.78, 5) is -0.130. The third-order valence-corrected chi connectivity index (χ3v) is 6.78. The van der Waals surface area contributed by atoms with Crippen molar-refractivity contribution in [3.8, 4) is 17.9 Å². The van der Waals surface area contributed by atoms with Crippen LogP contribution < -0.4 is 4.74 Å². The highest BCUT2D eigenvalue weighted by atomic mass is 35.5. The molecule has 1 aliphatic rings. The Morgan fingerprint density at radius 1 is 1.11 bits per heavy atom. The molecule has 0 radical (unpaired) electrons. The SMILES string of the molecule is N#Cc1ccc(S(=O)(=O)N2CC(O)(COc3ccc(C#N)c(Cl)c3)C2)c(Cl)c1. The number of nitrogens with zero attached hydrogens (tertiary/aromatic N) is 3. The van der Waals surface area contributed by atoms with Crippen LogP contribution in [0.5, 0.6) is 5.75 Å². The van der Waals surface area contributed by atoms with E-state index in [4.69, 9.17) is 38.5 Å². The number of nitriles is 2. The monoisotopic (exact) mass is 437 g/mol. The molecular formula is C18H13Cl2N3O4S. The molecule has 0 atom stereocenters. The molecule has 0 aliphatic carbocycles. The van der Waals surface area contributed by atoms with Crippen LogP contribution in [-0.4, -0.2) is 43.1 Å². The van der Waals surface area contributed by atoms with Crippen LogP contribution in [0.3, 0.4) is 0 Å². The van der Waals surface area contributed by atoms with Gasteiger partial charge in [0.2, 0.25) is 10.0 Å². The molecule has 0 saturated carbocycles. The smallest absolute Gasteiger partial charge is 0.244 e. The van der Waals surface area contributed by atoms with Gasteiger partial charge in [0.05, 0.1) is 27.2 Å². The first-order valence-electron chi connectivity index (χ1n) is 7.93. The lowest BCUT2D eigenvalue weighted by molar-refractivity contribution is -0.0868. The predicted molar refractivity (Wildman–Crippen MR) is 102 cm³/mol. The van der Waals surface area contributed by atoms with Crippen molar-refractivity contribution in [3.05, 3.63) is 57.6 Å². The lowest BCUT2D eigenvalue weighted by Crippen LogP contribution is -2.65. The first kappa shape index (κ1) is 20.4. The fourth-order valence-corrected chi connectivity index (χ4v) is 5.01. The van der Waals surface area contributed by atoms with Crippen LogP contribution in [-0.2, 0) is 10.0 Å². The molecule has 144 valence electrons. The molecule has 0 spiro atoms. The summed E-state index contributed by atoms with van der Waals surface area (Å²) in [5, 5.41) is 28.4. The maximum absolute atomic E-state index is 12.7. The zero-order valence-corrected chi connectivity index (χ0v) is 16.6. The van der Waals surface area contributed by atoms with E-state index >= 15 is 0 Å². The molecule has 0 bridgehead atoms. The summed E-state index contributed by atoms with van der Waals surface area (Å²) in [6, 6.07) is 12.2. The van der Waals surface area contributed by atoms with Gasteiger partial charge in [0.15, 0.2) is 0 Å². The Labute approximate surface area is 171 Å². The van der Waals surface area contributed by atoms with Crippen molar-refractivity contribution < 1.29 is 18.3 Å². The Hall–Kier alpha value is -2.33. The zero-order chi connectivity index (χ0) is 20.5. The van der Waals surface area contributed by atoms with Crippen LogP contribution in [0.25, 0.3) is 0 Å². The molecule has 7 nitrogen and oxygen atoms in total. The minimum atomic E-state index is -3.91. The van der Waals surface area contributed by atoms with Gasteiger partial charge in [0, 0.05) is 19.2 Å². The lowest BCUT2D eigenvalue weighted by atomic mass is 9.99. The highest BCUT2D eigenvalue weighted by molar-refractivity contribution is 7.89. The largest absolute Gasteiger partial charge is 0.490 e. The summed E-state index contributed by atoms with van der Waals surface area (Å²) < 4.78 is 31.9. The van der Waals surface area contributed by atoms with Gasteiger partial charge in [-0.2, -0.15) is 14.8 Å². The molecule has 0 unspecified atom stereocenters. The van der Waals surface area contributed by atoms with Gasteiger partial charge in [-0.1, -0.05) is 23.2 Å². The van der Waals surface area contributed by atoms with E-state index in [-0.39, 0.29) is 40.2 Å². The van der Waals surface area contributed by atoms with Crippen LogP contribution in [0.2, 0.25) is 10.0 Å². The van der Waals surface area contributed by atoms with E-state index in [0.29, 0.717) is 11.3 Å². The van der Waals surface area contributed by atoms with Crippen molar-refractivity contribution >= 4 is 33.2 Å². The molecule has 1 fully saturated rings. The van der Waals surface area contributed by atoms with Gasteiger partial charge < -0.3 is 9.84 Å². The first-order chi connectivity index (χ1) is 13.2. The van der Waals surface area contributed by atoms with E-state index in [1.165, 1.54) is 36.4 Å². The van der Waals surface area contributed by atoms with E-state index in [9.17, 15) is 13.5 Å². The summed E-state index contributed by atoms with van der Waals surface area (Å²) in [6.45, 7) is -0.492. The van der Waals surface area contributed by atoms with Crippen LogP contribution >= 0.6 is 23.2 Å². The molecule has 1 aliphatic heterocycles. The molecule has 3 rings (SSSR count). The molecule has 0 amide bonds. The second kappa shape index (κ2) is 7.59. The Morgan fingerprint density at radius 3 is 2.39 bits per heavy atom. The number of halogens is 2. The highest BCUT2D eigenvalue weighted by Crippen LogP contribution is 2.32. The molecule has 1 heterocycles. The highest BCUT2D eigenvalue weighted by Gasteiger charge is 2.48. The van der Waals surface area contributed by atoms with Crippen molar-refractivity contribution in [2.24, 2.45) is 0 Å². The van der Waals surface area contributed by atoms with Gasteiger partial charge in [-0.25, -0.2) is 8.42 Å². The number of ether oxygens (including phenoxy) is 1. The number of β-amino-alcohol motifs (C(OH)–C–C–N with tert-alkyl or cyclic N) is 1. The molecular weight excluding hydrogens is 425 g/mol. The topological polar surface area (TPSA) is 114 Å². The standard InChI is InChI=1S/C18H13Cl2N3O4S/c19-15-6-14(3-2-13(15)8-22)27-11-18(24)9-23(10-18)28(25,26)17-4-1-12(7-21)5-16(17)20/h1-6,24H,9-11H2. The van der Waals surface area contributed by atoms with Crippen molar-refractivity contribution in [3.63, 3.8) is 0 Å².